The minimum absolute atomic E-state index is 0.0233. The topological polar surface area (TPSA) is 61.3 Å². The van der Waals surface area contributed by atoms with Gasteiger partial charge in [0.1, 0.15) is 17.3 Å². The number of nitrogens with zero attached hydrogens (tertiary/aromatic N) is 1. The highest BCUT2D eigenvalue weighted by molar-refractivity contribution is 6.38. The molecule has 3 aromatic rings. The molecule has 0 spiro atoms. The number of amides is 1. The molecule has 1 aromatic carbocycles. The minimum Gasteiger partial charge on any atom is -0.468 e. The van der Waals surface area contributed by atoms with E-state index in [1.54, 1.807) is 12.3 Å². The van der Waals surface area contributed by atoms with Crippen LogP contribution in [0.2, 0.25) is 5.02 Å². The van der Waals surface area contributed by atoms with Gasteiger partial charge in [0.25, 0.3) is 5.91 Å². The fourth-order valence-electron chi connectivity index (χ4n) is 3.69. The molecule has 1 aliphatic heterocycles. The SMILES string of the molecule is O=C(NC[C@H](c1ccco1)N1CCCCC1)c1[nH]c2ccc(F)cc2c1Cl. The van der Waals surface area contributed by atoms with Crippen molar-refractivity contribution in [3.63, 3.8) is 0 Å². The summed E-state index contributed by atoms with van der Waals surface area (Å²) in [6.07, 6.45) is 5.17. The molecule has 142 valence electrons. The number of furan rings is 1. The zero-order valence-corrected chi connectivity index (χ0v) is 15.6. The number of aromatic nitrogens is 1. The Morgan fingerprint density at radius 3 is 2.85 bits per heavy atom. The molecule has 3 heterocycles. The second kappa shape index (κ2) is 7.74. The van der Waals surface area contributed by atoms with Crippen LogP contribution in [-0.4, -0.2) is 35.4 Å². The van der Waals surface area contributed by atoms with Gasteiger partial charge in [-0.3, -0.25) is 9.69 Å². The van der Waals surface area contributed by atoms with Crippen molar-refractivity contribution < 1.29 is 13.6 Å². The van der Waals surface area contributed by atoms with E-state index in [1.165, 1.54) is 18.6 Å². The highest BCUT2D eigenvalue weighted by atomic mass is 35.5. The Balaban J connectivity index is 1.52. The van der Waals surface area contributed by atoms with Crippen LogP contribution in [0.4, 0.5) is 4.39 Å². The van der Waals surface area contributed by atoms with Gasteiger partial charge in [0.2, 0.25) is 0 Å². The first-order valence-corrected chi connectivity index (χ1v) is 9.53. The Labute approximate surface area is 161 Å². The molecule has 7 heteroatoms. The number of piperidine rings is 1. The van der Waals surface area contributed by atoms with E-state index in [0.717, 1.165) is 31.7 Å². The molecule has 2 aromatic heterocycles. The molecule has 27 heavy (non-hydrogen) atoms. The van der Waals surface area contributed by atoms with Gasteiger partial charge >= 0.3 is 0 Å². The number of hydrogen-bond donors (Lipinski definition) is 2. The highest BCUT2D eigenvalue weighted by Gasteiger charge is 2.26. The number of H-pyrrole nitrogens is 1. The van der Waals surface area contributed by atoms with E-state index in [2.05, 4.69) is 15.2 Å². The zero-order valence-electron chi connectivity index (χ0n) is 14.8. The van der Waals surface area contributed by atoms with Gasteiger partial charge in [-0.05, 0) is 56.3 Å². The van der Waals surface area contributed by atoms with Crippen LogP contribution >= 0.6 is 11.6 Å². The fourth-order valence-corrected chi connectivity index (χ4v) is 3.98. The number of carbonyl (C=O) groups is 1. The molecule has 0 radical (unpaired) electrons. The predicted molar refractivity (Wildman–Crippen MR) is 102 cm³/mol. The normalized spacial score (nSPS) is 16.5. The number of rotatable bonds is 5. The van der Waals surface area contributed by atoms with Crippen LogP contribution in [-0.2, 0) is 0 Å². The summed E-state index contributed by atoms with van der Waals surface area (Å²) in [5.74, 6) is 0.130. The van der Waals surface area contributed by atoms with Gasteiger partial charge < -0.3 is 14.7 Å². The summed E-state index contributed by atoms with van der Waals surface area (Å²) in [4.78, 5) is 18.0. The first kappa shape index (κ1) is 18.1. The van der Waals surface area contributed by atoms with Crippen molar-refractivity contribution in [1.82, 2.24) is 15.2 Å². The van der Waals surface area contributed by atoms with Gasteiger partial charge in [-0.2, -0.15) is 0 Å². The number of carbonyl (C=O) groups excluding carboxylic acids is 1. The van der Waals surface area contributed by atoms with E-state index < -0.39 is 5.82 Å². The smallest absolute Gasteiger partial charge is 0.269 e. The maximum absolute atomic E-state index is 13.5. The Bertz CT molecular complexity index is 932. The van der Waals surface area contributed by atoms with E-state index in [-0.39, 0.29) is 22.7 Å². The van der Waals surface area contributed by atoms with Crippen LogP contribution in [0.5, 0.6) is 0 Å². The second-order valence-electron chi connectivity index (χ2n) is 6.84. The number of hydrogen-bond acceptors (Lipinski definition) is 3. The average molecular weight is 390 g/mol. The van der Waals surface area contributed by atoms with Crippen LogP contribution in [0, 0.1) is 5.82 Å². The third-order valence-electron chi connectivity index (χ3n) is 5.08. The van der Waals surface area contributed by atoms with Gasteiger partial charge in [-0.25, -0.2) is 4.39 Å². The maximum Gasteiger partial charge on any atom is 0.269 e. The molecule has 1 atom stereocenters. The summed E-state index contributed by atoms with van der Waals surface area (Å²) in [5, 5.41) is 3.68. The molecule has 0 aliphatic carbocycles. The van der Waals surface area contributed by atoms with Crippen LogP contribution in [0.15, 0.2) is 41.0 Å². The Morgan fingerprint density at radius 1 is 1.30 bits per heavy atom. The Kier molecular flexibility index (Phi) is 5.18. The standard InChI is InChI=1S/C20H21ClFN3O2/c21-18-14-11-13(22)6-7-15(14)24-19(18)20(26)23-12-16(17-5-4-10-27-17)25-8-2-1-3-9-25/h4-7,10-11,16,24H,1-3,8-9,12H2,(H,23,26)/t16-/m1/s1. The molecule has 1 saturated heterocycles. The molecular weight excluding hydrogens is 369 g/mol. The first-order valence-electron chi connectivity index (χ1n) is 9.16. The van der Waals surface area contributed by atoms with Crippen molar-refractivity contribution in [3.8, 4) is 0 Å². The lowest BCUT2D eigenvalue weighted by atomic mass is 10.1. The van der Waals surface area contributed by atoms with E-state index in [0.29, 0.717) is 17.4 Å². The van der Waals surface area contributed by atoms with E-state index >= 15 is 0 Å². The fraction of sp³-hybridized carbons (Fsp3) is 0.350. The molecule has 0 unspecified atom stereocenters. The van der Waals surface area contributed by atoms with Gasteiger partial charge in [-0.15, -0.1) is 0 Å². The number of nitrogens with one attached hydrogen (secondary N) is 2. The van der Waals surface area contributed by atoms with Crippen molar-refractivity contribution in [2.75, 3.05) is 19.6 Å². The molecule has 0 bridgehead atoms. The van der Waals surface area contributed by atoms with Crippen molar-refractivity contribution in [3.05, 3.63) is 58.9 Å². The quantitative estimate of drug-likeness (QED) is 0.674. The molecular formula is C20H21ClFN3O2. The van der Waals surface area contributed by atoms with E-state index in [1.807, 2.05) is 12.1 Å². The number of likely N-dealkylation sites (tertiary alicyclic amines) is 1. The Morgan fingerprint density at radius 2 is 2.11 bits per heavy atom. The lowest BCUT2D eigenvalue weighted by molar-refractivity contribution is 0.0910. The number of aromatic amines is 1. The van der Waals surface area contributed by atoms with Crippen molar-refractivity contribution in [2.24, 2.45) is 0 Å². The number of benzene rings is 1. The maximum atomic E-state index is 13.5. The molecule has 1 aliphatic rings. The summed E-state index contributed by atoms with van der Waals surface area (Å²) in [5.41, 5.74) is 0.874. The number of fused-ring (bicyclic) bond motifs is 1. The first-order chi connectivity index (χ1) is 13.1. The van der Waals surface area contributed by atoms with Crippen LogP contribution < -0.4 is 5.32 Å². The molecule has 4 rings (SSSR count). The average Bonchev–Trinajstić information content (AvgIpc) is 3.32. The summed E-state index contributed by atoms with van der Waals surface area (Å²) in [6.45, 7) is 2.37. The van der Waals surface area contributed by atoms with Crippen LogP contribution in [0.25, 0.3) is 10.9 Å². The third-order valence-corrected chi connectivity index (χ3v) is 5.48. The molecule has 5 nitrogen and oxygen atoms in total. The second-order valence-corrected chi connectivity index (χ2v) is 7.22. The molecule has 1 amide bonds. The summed E-state index contributed by atoms with van der Waals surface area (Å²) < 4.78 is 19.1. The number of halogens is 2. The zero-order chi connectivity index (χ0) is 18.8. The van der Waals surface area contributed by atoms with Crippen LogP contribution in [0.3, 0.4) is 0 Å². The summed E-state index contributed by atoms with van der Waals surface area (Å²) in [6, 6.07) is 8.00. The van der Waals surface area contributed by atoms with E-state index in [4.69, 9.17) is 16.0 Å². The van der Waals surface area contributed by atoms with Gasteiger partial charge in [0, 0.05) is 17.4 Å². The Hall–Kier alpha value is -2.31. The monoisotopic (exact) mass is 389 g/mol. The van der Waals surface area contributed by atoms with E-state index in [9.17, 15) is 9.18 Å². The van der Waals surface area contributed by atoms with Crippen molar-refractivity contribution >= 4 is 28.4 Å². The molecule has 0 saturated carbocycles. The summed E-state index contributed by atoms with van der Waals surface area (Å²) in [7, 11) is 0. The summed E-state index contributed by atoms with van der Waals surface area (Å²) >= 11 is 6.30. The largest absolute Gasteiger partial charge is 0.468 e. The molecule has 1 fully saturated rings. The minimum atomic E-state index is -0.390. The lowest BCUT2D eigenvalue weighted by Gasteiger charge is -2.33. The highest BCUT2D eigenvalue weighted by Crippen LogP contribution is 2.29. The lowest BCUT2D eigenvalue weighted by Crippen LogP contribution is -2.40. The van der Waals surface area contributed by atoms with Gasteiger partial charge in [-0.1, -0.05) is 18.0 Å². The van der Waals surface area contributed by atoms with Crippen molar-refractivity contribution in [2.45, 2.75) is 25.3 Å². The predicted octanol–water partition coefficient (Wildman–Crippen LogP) is 4.51. The third kappa shape index (κ3) is 3.73. The van der Waals surface area contributed by atoms with Crippen molar-refractivity contribution in [1.29, 1.82) is 0 Å². The van der Waals surface area contributed by atoms with Gasteiger partial charge in [0.15, 0.2) is 0 Å². The van der Waals surface area contributed by atoms with Crippen LogP contribution in [0.1, 0.15) is 41.6 Å². The molecule has 2 N–H and O–H groups in total. The van der Waals surface area contributed by atoms with Gasteiger partial charge in [0.05, 0.1) is 17.3 Å².